The number of thioether (sulfide) groups is 1. The Morgan fingerprint density at radius 3 is 2.11 bits per heavy atom. The molecule has 0 aliphatic heterocycles. The third-order valence-corrected chi connectivity index (χ3v) is 1.35. The van der Waals surface area contributed by atoms with Crippen LogP contribution in [0.25, 0.3) is 0 Å². The first kappa shape index (κ1) is 9.10. The fraction of sp³-hybridized carbons (Fsp3) is 1.00. The summed E-state index contributed by atoms with van der Waals surface area (Å²) in [6.45, 7) is 0. The number of aliphatic hydroxyl groups is 1. The molecule has 0 aliphatic rings. The van der Waals surface area contributed by atoms with Gasteiger partial charge in [0.15, 0.2) is 6.10 Å². The average Bonchev–Trinajstić information content (AvgIpc) is 1.64. The minimum atomic E-state index is -4.46. The van der Waals surface area contributed by atoms with Crippen molar-refractivity contribution in [1.82, 2.24) is 0 Å². The second-order valence-corrected chi connectivity index (χ2v) is 2.42. The van der Waals surface area contributed by atoms with Gasteiger partial charge in [0, 0.05) is 5.75 Å². The van der Waals surface area contributed by atoms with Crippen molar-refractivity contribution in [2.45, 2.75) is 12.3 Å². The summed E-state index contributed by atoms with van der Waals surface area (Å²) in [5, 5.41) is 8.24. The van der Waals surface area contributed by atoms with Crippen molar-refractivity contribution >= 4 is 11.8 Å². The molecule has 0 saturated heterocycles. The lowest BCUT2D eigenvalue weighted by molar-refractivity contribution is -0.195. The van der Waals surface area contributed by atoms with E-state index in [0.29, 0.717) is 0 Å². The van der Waals surface area contributed by atoms with E-state index in [-0.39, 0.29) is 5.75 Å². The number of rotatable bonds is 2. The molecule has 0 radical (unpaired) electrons. The fourth-order valence-electron chi connectivity index (χ4n) is 0.252. The van der Waals surface area contributed by atoms with E-state index in [2.05, 4.69) is 0 Å². The second-order valence-electron chi connectivity index (χ2n) is 1.51. The molecule has 0 unspecified atom stereocenters. The minimum absolute atomic E-state index is 0.288. The van der Waals surface area contributed by atoms with Crippen LogP contribution in [0.5, 0.6) is 0 Å². The van der Waals surface area contributed by atoms with E-state index in [4.69, 9.17) is 5.11 Å². The van der Waals surface area contributed by atoms with Crippen molar-refractivity contribution in [2.24, 2.45) is 0 Å². The van der Waals surface area contributed by atoms with E-state index in [1.807, 2.05) is 0 Å². The fourth-order valence-corrected chi connectivity index (χ4v) is 0.757. The highest BCUT2D eigenvalue weighted by Gasteiger charge is 2.37. The molecule has 0 rings (SSSR count). The van der Waals surface area contributed by atoms with Crippen LogP contribution in [0.2, 0.25) is 0 Å². The van der Waals surface area contributed by atoms with Gasteiger partial charge in [0.25, 0.3) is 0 Å². The molecule has 0 saturated carbocycles. The molecule has 0 aromatic heterocycles. The van der Waals surface area contributed by atoms with Crippen molar-refractivity contribution in [3.8, 4) is 0 Å². The zero-order chi connectivity index (χ0) is 7.49. The molecule has 0 heterocycles. The summed E-state index contributed by atoms with van der Waals surface area (Å²) in [5.41, 5.74) is 0. The van der Waals surface area contributed by atoms with E-state index in [9.17, 15) is 13.2 Å². The Hall–Kier alpha value is 0.100. The monoisotopic (exact) mass is 160 g/mol. The minimum Gasteiger partial charge on any atom is -0.383 e. The van der Waals surface area contributed by atoms with Gasteiger partial charge in [-0.15, -0.1) is 0 Å². The van der Waals surface area contributed by atoms with Gasteiger partial charge < -0.3 is 5.11 Å². The molecule has 5 heteroatoms. The lowest BCUT2D eigenvalue weighted by Gasteiger charge is -2.11. The molecule has 0 amide bonds. The normalized spacial score (nSPS) is 15.7. The molecule has 0 spiro atoms. The average molecular weight is 160 g/mol. The molecule has 0 fully saturated rings. The molecule has 0 bridgehead atoms. The molecule has 56 valence electrons. The van der Waals surface area contributed by atoms with Crippen LogP contribution in [0.4, 0.5) is 13.2 Å². The van der Waals surface area contributed by atoms with Crippen LogP contribution in [0.1, 0.15) is 0 Å². The summed E-state index contributed by atoms with van der Waals surface area (Å²) in [6, 6.07) is 0. The largest absolute Gasteiger partial charge is 0.415 e. The van der Waals surface area contributed by atoms with Crippen molar-refractivity contribution in [1.29, 1.82) is 0 Å². The highest BCUT2D eigenvalue weighted by Crippen LogP contribution is 2.21. The molecule has 0 aromatic carbocycles. The molecule has 0 aromatic rings. The molecule has 1 N–H and O–H groups in total. The highest BCUT2D eigenvalue weighted by atomic mass is 32.2. The van der Waals surface area contributed by atoms with Crippen LogP contribution in [-0.4, -0.2) is 29.4 Å². The van der Waals surface area contributed by atoms with Gasteiger partial charge in [-0.2, -0.15) is 24.9 Å². The van der Waals surface area contributed by atoms with Crippen LogP contribution < -0.4 is 0 Å². The lowest BCUT2D eigenvalue weighted by atomic mass is 10.4. The van der Waals surface area contributed by atoms with Crippen molar-refractivity contribution in [3.63, 3.8) is 0 Å². The van der Waals surface area contributed by atoms with Crippen LogP contribution in [0.3, 0.4) is 0 Å². The second kappa shape index (κ2) is 3.31. The molecule has 0 aliphatic carbocycles. The number of halogens is 3. The SMILES string of the molecule is CSC[C@@H](O)C(F)(F)F. The topological polar surface area (TPSA) is 20.2 Å². The Balaban J connectivity index is 3.59. The third kappa shape index (κ3) is 3.64. The van der Waals surface area contributed by atoms with Gasteiger partial charge in [-0.05, 0) is 6.26 Å². The number of alkyl halides is 3. The predicted molar refractivity (Wildman–Crippen MR) is 30.4 cm³/mol. The van der Waals surface area contributed by atoms with Crippen molar-refractivity contribution < 1.29 is 18.3 Å². The molecule has 9 heavy (non-hydrogen) atoms. The number of aliphatic hydroxyl groups excluding tert-OH is 1. The van der Waals surface area contributed by atoms with Crippen LogP contribution in [0, 0.1) is 0 Å². The van der Waals surface area contributed by atoms with Gasteiger partial charge in [0.1, 0.15) is 0 Å². The predicted octanol–water partition coefficient (Wildman–Crippen LogP) is 1.27. The third-order valence-electron chi connectivity index (χ3n) is 0.702. The maximum Gasteiger partial charge on any atom is 0.415 e. The van der Waals surface area contributed by atoms with Gasteiger partial charge in [-0.25, -0.2) is 0 Å². The van der Waals surface area contributed by atoms with Gasteiger partial charge >= 0.3 is 6.18 Å². The Kier molecular flexibility index (Phi) is 3.35. The maximum atomic E-state index is 11.4. The Morgan fingerprint density at radius 2 is 2.00 bits per heavy atom. The summed E-state index contributed by atoms with van der Waals surface area (Å²) >= 11 is 0.967. The smallest absolute Gasteiger partial charge is 0.383 e. The summed E-state index contributed by atoms with van der Waals surface area (Å²) in [7, 11) is 0. The number of hydrogen-bond donors (Lipinski definition) is 1. The maximum absolute atomic E-state index is 11.4. The summed E-state index contributed by atoms with van der Waals surface area (Å²) in [6.07, 6.45) is -5.12. The molecular weight excluding hydrogens is 153 g/mol. The van der Waals surface area contributed by atoms with Crippen LogP contribution in [-0.2, 0) is 0 Å². The van der Waals surface area contributed by atoms with E-state index in [0.717, 1.165) is 11.8 Å². The highest BCUT2D eigenvalue weighted by molar-refractivity contribution is 7.98. The first-order valence-electron chi connectivity index (χ1n) is 2.22. The van der Waals surface area contributed by atoms with Crippen LogP contribution >= 0.6 is 11.8 Å². The lowest BCUT2D eigenvalue weighted by Crippen LogP contribution is -2.30. The zero-order valence-electron chi connectivity index (χ0n) is 4.77. The van der Waals surface area contributed by atoms with Gasteiger partial charge in [-0.3, -0.25) is 0 Å². The summed E-state index contributed by atoms with van der Waals surface area (Å²) < 4.78 is 34.1. The Bertz CT molecular complexity index is 82.4. The van der Waals surface area contributed by atoms with Crippen molar-refractivity contribution in [2.75, 3.05) is 12.0 Å². The molecule has 1 atom stereocenters. The zero-order valence-corrected chi connectivity index (χ0v) is 5.59. The van der Waals surface area contributed by atoms with Crippen LogP contribution in [0.15, 0.2) is 0 Å². The van der Waals surface area contributed by atoms with Gasteiger partial charge in [0.2, 0.25) is 0 Å². The van der Waals surface area contributed by atoms with E-state index < -0.39 is 12.3 Å². The number of hydrogen-bond acceptors (Lipinski definition) is 2. The Morgan fingerprint density at radius 1 is 1.56 bits per heavy atom. The van der Waals surface area contributed by atoms with E-state index in [1.54, 1.807) is 0 Å². The quantitative estimate of drug-likeness (QED) is 0.656. The van der Waals surface area contributed by atoms with E-state index >= 15 is 0 Å². The first-order chi connectivity index (χ1) is 3.98. The molecular formula is C4H7F3OS. The van der Waals surface area contributed by atoms with Gasteiger partial charge in [0.05, 0.1) is 0 Å². The molecule has 1 nitrogen and oxygen atoms in total. The van der Waals surface area contributed by atoms with E-state index in [1.165, 1.54) is 6.26 Å². The standard InChI is InChI=1S/C4H7F3OS/c1-9-2-3(8)4(5,6)7/h3,8H,2H2,1H3/t3-/m1/s1. The van der Waals surface area contributed by atoms with Gasteiger partial charge in [-0.1, -0.05) is 0 Å². The Labute approximate surface area is 55.2 Å². The van der Waals surface area contributed by atoms with Crippen molar-refractivity contribution in [3.05, 3.63) is 0 Å². The summed E-state index contributed by atoms with van der Waals surface area (Å²) in [4.78, 5) is 0. The first-order valence-corrected chi connectivity index (χ1v) is 3.61. The summed E-state index contributed by atoms with van der Waals surface area (Å²) in [5.74, 6) is -0.288.